The minimum absolute atomic E-state index is 0.269. The first-order valence-electron chi connectivity index (χ1n) is 9.07. The molecule has 3 N–H and O–H groups in total. The SMILES string of the molecule is CN/C=C(\N)CCCN(C)CCC(c1ccc(Cl)cc1)c1ccccn1. The molecule has 0 aliphatic rings. The Kier molecular flexibility index (Phi) is 8.45. The molecule has 1 aromatic heterocycles. The van der Waals surface area contributed by atoms with Crippen molar-refractivity contribution < 1.29 is 0 Å². The third-order valence-electron chi connectivity index (χ3n) is 4.45. The highest BCUT2D eigenvalue weighted by Gasteiger charge is 2.16. The maximum atomic E-state index is 6.05. The molecule has 0 saturated carbocycles. The summed E-state index contributed by atoms with van der Waals surface area (Å²) >= 11 is 6.05. The smallest absolute Gasteiger partial charge is 0.0478 e. The molecule has 0 saturated heterocycles. The fourth-order valence-electron chi connectivity index (χ4n) is 3.03. The van der Waals surface area contributed by atoms with Crippen molar-refractivity contribution in [1.29, 1.82) is 0 Å². The fraction of sp³-hybridized carbons (Fsp3) is 0.381. The van der Waals surface area contributed by atoms with Gasteiger partial charge in [-0.1, -0.05) is 29.8 Å². The molecule has 2 rings (SSSR count). The van der Waals surface area contributed by atoms with Gasteiger partial charge in [-0.05, 0) is 69.2 Å². The number of hydrogen-bond acceptors (Lipinski definition) is 4. The summed E-state index contributed by atoms with van der Waals surface area (Å²) in [5, 5.41) is 3.73. The molecule has 140 valence electrons. The lowest BCUT2D eigenvalue weighted by atomic mass is 9.92. The van der Waals surface area contributed by atoms with Gasteiger partial charge in [0.25, 0.3) is 0 Å². The largest absolute Gasteiger partial charge is 0.401 e. The van der Waals surface area contributed by atoms with Gasteiger partial charge in [0, 0.05) is 41.8 Å². The highest BCUT2D eigenvalue weighted by Crippen LogP contribution is 2.27. The maximum absolute atomic E-state index is 6.05. The topological polar surface area (TPSA) is 54.2 Å². The monoisotopic (exact) mass is 372 g/mol. The van der Waals surface area contributed by atoms with Crippen molar-refractivity contribution in [2.24, 2.45) is 5.73 Å². The second kappa shape index (κ2) is 10.8. The molecule has 2 aromatic rings. The molecule has 0 amide bonds. The van der Waals surface area contributed by atoms with E-state index in [1.807, 2.05) is 43.7 Å². The van der Waals surface area contributed by atoms with Crippen LogP contribution in [0.25, 0.3) is 0 Å². The molecule has 0 fully saturated rings. The van der Waals surface area contributed by atoms with Crippen molar-refractivity contribution in [3.8, 4) is 0 Å². The van der Waals surface area contributed by atoms with Crippen LogP contribution in [0.1, 0.15) is 36.4 Å². The third-order valence-corrected chi connectivity index (χ3v) is 4.70. The van der Waals surface area contributed by atoms with Crippen LogP contribution in [0, 0.1) is 0 Å². The second-order valence-corrected chi connectivity index (χ2v) is 7.00. The first kappa shape index (κ1) is 20.3. The Hall–Kier alpha value is -2.04. The molecule has 1 aromatic carbocycles. The van der Waals surface area contributed by atoms with E-state index in [1.165, 1.54) is 5.56 Å². The number of nitrogens with two attached hydrogens (primary N) is 1. The molecular formula is C21H29ClN4. The van der Waals surface area contributed by atoms with Crippen molar-refractivity contribution in [2.45, 2.75) is 25.2 Å². The van der Waals surface area contributed by atoms with Gasteiger partial charge in [0.15, 0.2) is 0 Å². The highest BCUT2D eigenvalue weighted by molar-refractivity contribution is 6.30. The van der Waals surface area contributed by atoms with Crippen LogP contribution in [-0.2, 0) is 0 Å². The summed E-state index contributed by atoms with van der Waals surface area (Å²) in [5.41, 5.74) is 9.17. The van der Waals surface area contributed by atoms with Crippen LogP contribution in [0.4, 0.5) is 0 Å². The Morgan fingerprint density at radius 2 is 2.00 bits per heavy atom. The van der Waals surface area contributed by atoms with Gasteiger partial charge in [0.1, 0.15) is 0 Å². The van der Waals surface area contributed by atoms with E-state index in [-0.39, 0.29) is 5.92 Å². The van der Waals surface area contributed by atoms with Gasteiger partial charge in [-0.25, -0.2) is 0 Å². The van der Waals surface area contributed by atoms with Crippen LogP contribution in [0.15, 0.2) is 60.6 Å². The average Bonchev–Trinajstić information content (AvgIpc) is 2.64. The minimum Gasteiger partial charge on any atom is -0.401 e. The van der Waals surface area contributed by atoms with Crippen molar-refractivity contribution >= 4 is 11.6 Å². The lowest BCUT2D eigenvalue weighted by Gasteiger charge is -2.22. The highest BCUT2D eigenvalue weighted by atomic mass is 35.5. The van der Waals surface area contributed by atoms with Crippen LogP contribution in [0.3, 0.4) is 0 Å². The van der Waals surface area contributed by atoms with Crippen molar-refractivity contribution in [3.05, 3.63) is 76.8 Å². The summed E-state index contributed by atoms with van der Waals surface area (Å²) < 4.78 is 0. The maximum Gasteiger partial charge on any atom is 0.0478 e. The Labute approximate surface area is 162 Å². The van der Waals surface area contributed by atoms with E-state index in [4.69, 9.17) is 17.3 Å². The first-order chi connectivity index (χ1) is 12.6. The van der Waals surface area contributed by atoms with Gasteiger partial charge < -0.3 is 16.0 Å². The number of pyridine rings is 1. The molecule has 0 bridgehead atoms. The van der Waals surface area contributed by atoms with Crippen molar-refractivity contribution in [1.82, 2.24) is 15.2 Å². The summed E-state index contributed by atoms with van der Waals surface area (Å²) in [6.45, 7) is 2.02. The van der Waals surface area contributed by atoms with E-state index in [2.05, 4.69) is 40.4 Å². The Morgan fingerprint density at radius 1 is 1.23 bits per heavy atom. The fourth-order valence-corrected chi connectivity index (χ4v) is 3.16. The lowest BCUT2D eigenvalue weighted by molar-refractivity contribution is 0.318. The van der Waals surface area contributed by atoms with Crippen LogP contribution < -0.4 is 11.1 Å². The molecule has 26 heavy (non-hydrogen) atoms. The summed E-state index contributed by atoms with van der Waals surface area (Å²) in [6.07, 6.45) is 6.69. The van der Waals surface area contributed by atoms with E-state index < -0.39 is 0 Å². The average molecular weight is 373 g/mol. The van der Waals surface area contributed by atoms with Gasteiger partial charge in [0.05, 0.1) is 0 Å². The minimum atomic E-state index is 0.269. The number of hydrogen-bond donors (Lipinski definition) is 2. The van der Waals surface area contributed by atoms with Crippen LogP contribution in [0.5, 0.6) is 0 Å². The standard InChI is InChI=1S/C21H29ClN4/c1-24-16-19(23)6-5-14-26(2)15-12-20(21-7-3-4-13-25-21)17-8-10-18(22)11-9-17/h3-4,7-11,13,16,20,24H,5-6,12,14-15,23H2,1-2H3/b19-16-. The number of benzene rings is 1. The van der Waals surface area contributed by atoms with Gasteiger partial charge in [-0.15, -0.1) is 0 Å². The zero-order valence-electron chi connectivity index (χ0n) is 15.7. The van der Waals surface area contributed by atoms with Crippen molar-refractivity contribution in [3.63, 3.8) is 0 Å². The summed E-state index contributed by atoms with van der Waals surface area (Å²) in [4.78, 5) is 6.94. The molecular weight excluding hydrogens is 344 g/mol. The van der Waals surface area contributed by atoms with Crippen LogP contribution >= 0.6 is 11.6 Å². The second-order valence-electron chi connectivity index (χ2n) is 6.56. The normalized spacial score (nSPS) is 13.0. The molecule has 0 aliphatic heterocycles. The van der Waals surface area contributed by atoms with E-state index in [1.54, 1.807) is 0 Å². The third kappa shape index (κ3) is 6.70. The Balaban J connectivity index is 1.95. The van der Waals surface area contributed by atoms with Crippen LogP contribution in [-0.4, -0.2) is 37.1 Å². The zero-order valence-corrected chi connectivity index (χ0v) is 16.4. The van der Waals surface area contributed by atoms with Gasteiger partial charge in [-0.2, -0.15) is 0 Å². The zero-order chi connectivity index (χ0) is 18.8. The number of allylic oxidation sites excluding steroid dienone is 1. The van der Waals surface area contributed by atoms with E-state index in [9.17, 15) is 0 Å². The first-order valence-corrected chi connectivity index (χ1v) is 9.44. The van der Waals surface area contributed by atoms with E-state index >= 15 is 0 Å². The van der Waals surface area contributed by atoms with E-state index in [0.29, 0.717) is 0 Å². The lowest BCUT2D eigenvalue weighted by Crippen LogP contribution is -2.23. The molecule has 0 aliphatic carbocycles. The molecule has 0 spiro atoms. The summed E-state index contributed by atoms with van der Waals surface area (Å²) in [7, 11) is 4.03. The molecule has 1 atom stereocenters. The predicted molar refractivity (Wildman–Crippen MR) is 110 cm³/mol. The Bertz CT molecular complexity index is 670. The molecule has 1 heterocycles. The number of aromatic nitrogens is 1. The molecule has 5 heteroatoms. The molecule has 1 unspecified atom stereocenters. The van der Waals surface area contributed by atoms with Gasteiger partial charge in [-0.3, -0.25) is 4.98 Å². The van der Waals surface area contributed by atoms with Crippen LogP contribution in [0.2, 0.25) is 5.02 Å². The number of halogens is 1. The van der Waals surface area contributed by atoms with Crippen molar-refractivity contribution in [2.75, 3.05) is 27.2 Å². The summed E-state index contributed by atoms with van der Waals surface area (Å²) in [5.74, 6) is 0.269. The number of nitrogens with one attached hydrogen (secondary N) is 1. The van der Waals surface area contributed by atoms with Gasteiger partial charge in [0.2, 0.25) is 0 Å². The van der Waals surface area contributed by atoms with Gasteiger partial charge >= 0.3 is 0 Å². The van der Waals surface area contributed by atoms with E-state index in [0.717, 1.165) is 48.8 Å². The Morgan fingerprint density at radius 3 is 2.65 bits per heavy atom. The quantitative estimate of drug-likeness (QED) is 0.662. The molecule has 4 nitrogen and oxygen atoms in total. The molecule has 0 radical (unpaired) electrons. The predicted octanol–water partition coefficient (Wildman–Crippen LogP) is 3.99. The summed E-state index contributed by atoms with van der Waals surface area (Å²) in [6, 6.07) is 14.2. The number of nitrogens with zero attached hydrogens (tertiary/aromatic N) is 2. The number of rotatable bonds is 10.